The highest BCUT2D eigenvalue weighted by atomic mass is 35.5. The number of amides is 1. The molecule has 2 aromatic heterocycles. The minimum atomic E-state index is -0.475. The third-order valence-corrected chi connectivity index (χ3v) is 2.42. The first-order chi connectivity index (χ1) is 8.66. The van der Waals surface area contributed by atoms with Gasteiger partial charge in [-0.1, -0.05) is 23.2 Å². The van der Waals surface area contributed by atoms with Crippen LogP contribution in [-0.2, 0) is 0 Å². The van der Waals surface area contributed by atoms with Crippen molar-refractivity contribution in [3.8, 4) is 0 Å². The van der Waals surface area contributed by atoms with Gasteiger partial charge < -0.3 is 0 Å². The first-order valence-electron chi connectivity index (χ1n) is 4.83. The third kappa shape index (κ3) is 3.06. The van der Waals surface area contributed by atoms with Gasteiger partial charge in [0.05, 0.1) is 5.02 Å². The topological polar surface area (TPSA) is 79.8 Å². The monoisotopic (exact) mass is 283 g/mol. The molecule has 0 aliphatic rings. The summed E-state index contributed by atoms with van der Waals surface area (Å²) in [7, 11) is 0. The Bertz CT molecular complexity index is 560. The predicted octanol–water partition coefficient (Wildman–Crippen LogP) is 1.94. The SMILES string of the molecule is O=C(NNc1ccc(Cl)nn1)c1ncccc1Cl. The van der Waals surface area contributed by atoms with Gasteiger partial charge in [-0.2, -0.15) is 0 Å². The summed E-state index contributed by atoms with van der Waals surface area (Å²) < 4.78 is 0. The van der Waals surface area contributed by atoms with E-state index in [4.69, 9.17) is 23.2 Å². The maximum Gasteiger partial charge on any atom is 0.289 e. The number of pyridine rings is 1. The molecule has 0 saturated carbocycles. The van der Waals surface area contributed by atoms with Crippen LogP contribution in [-0.4, -0.2) is 21.1 Å². The smallest absolute Gasteiger partial charge is 0.280 e. The lowest BCUT2D eigenvalue weighted by atomic mass is 10.3. The van der Waals surface area contributed by atoms with Crippen molar-refractivity contribution in [3.63, 3.8) is 0 Å². The summed E-state index contributed by atoms with van der Waals surface area (Å²) >= 11 is 11.4. The molecule has 2 aromatic rings. The summed E-state index contributed by atoms with van der Waals surface area (Å²) in [5.41, 5.74) is 5.08. The Hall–Kier alpha value is -1.92. The number of carbonyl (C=O) groups is 1. The number of hydrazine groups is 1. The number of hydrogen-bond acceptors (Lipinski definition) is 5. The van der Waals surface area contributed by atoms with E-state index in [0.29, 0.717) is 5.82 Å². The zero-order chi connectivity index (χ0) is 13.0. The number of aromatic nitrogens is 3. The average Bonchev–Trinajstić information content (AvgIpc) is 2.38. The number of nitrogens with one attached hydrogen (secondary N) is 2. The molecule has 2 rings (SSSR count). The van der Waals surface area contributed by atoms with Gasteiger partial charge in [-0.05, 0) is 24.3 Å². The molecule has 2 N–H and O–H groups in total. The van der Waals surface area contributed by atoms with Crippen molar-refractivity contribution in [2.24, 2.45) is 0 Å². The van der Waals surface area contributed by atoms with Crippen LogP contribution >= 0.6 is 23.2 Å². The lowest BCUT2D eigenvalue weighted by molar-refractivity contribution is 0.0957. The molecule has 0 radical (unpaired) electrons. The molecular formula is C10H7Cl2N5O. The summed E-state index contributed by atoms with van der Waals surface area (Å²) in [6, 6.07) is 6.31. The first-order valence-corrected chi connectivity index (χ1v) is 5.58. The minimum absolute atomic E-state index is 0.119. The van der Waals surface area contributed by atoms with E-state index < -0.39 is 5.91 Å². The van der Waals surface area contributed by atoms with Gasteiger partial charge in [0.25, 0.3) is 5.91 Å². The maximum atomic E-state index is 11.7. The number of halogens is 2. The maximum absolute atomic E-state index is 11.7. The summed E-state index contributed by atoms with van der Waals surface area (Å²) in [5, 5.41) is 7.84. The number of anilines is 1. The molecule has 2 heterocycles. The number of carbonyl (C=O) groups excluding carboxylic acids is 1. The molecule has 0 spiro atoms. The first kappa shape index (κ1) is 12.5. The largest absolute Gasteiger partial charge is 0.289 e. The van der Waals surface area contributed by atoms with Crippen LogP contribution in [0.5, 0.6) is 0 Å². The predicted molar refractivity (Wildman–Crippen MR) is 67.4 cm³/mol. The third-order valence-electron chi connectivity index (χ3n) is 1.91. The normalized spacial score (nSPS) is 9.89. The number of hydrogen-bond donors (Lipinski definition) is 2. The quantitative estimate of drug-likeness (QED) is 0.842. The zero-order valence-corrected chi connectivity index (χ0v) is 10.4. The van der Waals surface area contributed by atoms with Crippen LogP contribution < -0.4 is 10.9 Å². The van der Waals surface area contributed by atoms with Gasteiger partial charge in [0, 0.05) is 6.20 Å². The number of nitrogens with zero attached hydrogens (tertiary/aromatic N) is 3. The molecule has 0 bridgehead atoms. The van der Waals surface area contributed by atoms with Gasteiger partial charge in [-0.25, -0.2) is 4.98 Å². The molecule has 6 nitrogen and oxygen atoms in total. The minimum Gasteiger partial charge on any atom is -0.280 e. The molecule has 1 amide bonds. The lowest BCUT2D eigenvalue weighted by Gasteiger charge is -2.07. The molecule has 0 aromatic carbocycles. The zero-order valence-electron chi connectivity index (χ0n) is 8.89. The van der Waals surface area contributed by atoms with Crippen LogP contribution in [0.25, 0.3) is 0 Å². The summed E-state index contributed by atoms with van der Waals surface area (Å²) in [6.07, 6.45) is 1.48. The fraction of sp³-hybridized carbons (Fsp3) is 0. The molecule has 92 valence electrons. The molecule has 18 heavy (non-hydrogen) atoms. The lowest BCUT2D eigenvalue weighted by Crippen LogP contribution is -2.30. The van der Waals surface area contributed by atoms with Crippen molar-refractivity contribution in [2.45, 2.75) is 0 Å². The Labute approximate surface area is 112 Å². The van der Waals surface area contributed by atoms with Crippen LogP contribution in [0, 0.1) is 0 Å². The van der Waals surface area contributed by atoms with Gasteiger partial charge in [-0.15, -0.1) is 10.2 Å². The van der Waals surface area contributed by atoms with Crippen molar-refractivity contribution in [1.29, 1.82) is 0 Å². The van der Waals surface area contributed by atoms with E-state index in [-0.39, 0.29) is 15.9 Å². The average molecular weight is 284 g/mol. The van der Waals surface area contributed by atoms with Crippen LogP contribution in [0.3, 0.4) is 0 Å². The fourth-order valence-corrected chi connectivity index (χ4v) is 1.42. The molecule has 8 heteroatoms. The Morgan fingerprint density at radius 2 is 2.00 bits per heavy atom. The van der Waals surface area contributed by atoms with E-state index in [0.717, 1.165) is 0 Å². The van der Waals surface area contributed by atoms with Crippen molar-refractivity contribution in [2.75, 3.05) is 5.43 Å². The second-order valence-electron chi connectivity index (χ2n) is 3.15. The van der Waals surface area contributed by atoms with Crippen molar-refractivity contribution in [1.82, 2.24) is 20.6 Å². The van der Waals surface area contributed by atoms with Crippen LogP contribution in [0.4, 0.5) is 5.82 Å². The van der Waals surface area contributed by atoms with Gasteiger partial charge in [-0.3, -0.25) is 15.6 Å². The van der Waals surface area contributed by atoms with Gasteiger partial charge in [0.2, 0.25) is 0 Å². The van der Waals surface area contributed by atoms with E-state index in [2.05, 4.69) is 26.0 Å². The van der Waals surface area contributed by atoms with Gasteiger partial charge >= 0.3 is 0 Å². The summed E-state index contributed by atoms with van der Waals surface area (Å²) in [5.74, 6) is -0.128. The van der Waals surface area contributed by atoms with E-state index in [9.17, 15) is 4.79 Å². The van der Waals surface area contributed by atoms with Gasteiger partial charge in [0.1, 0.15) is 5.69 Å². The standard InChI is InChI=1S/C10H7Cl2N5O/c11-6-2-1-5-13-9(6)10(18)17-16-8-4-3-7(12)14-15-8/h1-5H,(H,15,16)(H,17,18). The molecule has 0 atom stereocenters. The van der Waals surface area contributed by atoms with Crippen LogP contribution in [0.2, 0.25) is 10.2 Å². The van der Waals surface area contributed by atoms with E-state index in [1.165, 1.54) is 12.3 Å². The van der Waals surface area contributed by atoms with Crippen LogP contribution in [0.1, 0.15) is 10.5 Å². The second kappa shape index (κ2) is 5.61. The van der Waals surface area contributed by atoms with E-state index in [1.54, 1.807) is 18.2 Å². The van der Waals surface area contributed by atoms with Crippen molar-refractivity contribution in [3.05, 3.63) is 46.3 Å². The molecule has 0 aliphatic heterocycles. The molecule has 0 saturated heterocycles. The molecular weight excluding hydrogens is 277 g/mol. The summed E-state index contributed by atoms with van der Waals surface area (Å²) in [6.45, 7) is 0. The Morgan fingerprint density at radius 3 is 2.67 bits per heavy atom. The highest BCUT2D eigenvalue weighted by Gasteiger charge is 2.10. The van der Waals surface area contributed by atoms with E-state index >= 15 is 0 Å². The van der Waals surface area contributed by atoms with Crippen molar-refractivity contribution < 1.29 is 4.79 Å². The molecule has 0 fully saturated rings. The molecule has 0 unspecified atom stereocenters. The summed E-state index contributed by atoms with van der Waals surface area (Å²) in [4.78, 5) is 15.6. The van der Waals surface area contributed by atoms with Crippen LogP contribution in [0.15, 0.2) is 30.5 Å². The number of rotatable bonds is 3. The van der Waals surface area contributed by atoms with E-state index in [1.807, 2.05) is 0 Å². The highest BCUT2D eigenvalue weighted by molar-refractivity contribution is 6.33. The Morgan fingerprint density at radius 1 is 1.17 bits per heavy atom. The second-order valence-corrected chi connectivity index (χ2v) is 3.95. The highest BCUT2D eigenvalue weighted by Crippen LogP contribution is 2.11. The van der Waals surface area contributed by atoms with Gasteiger partial charge in [0.15, 0.2) is 11.0 Å². The Balaban J connectivity index is 2.01. The molecule has 0 aliphatic carbocycles. The van der Waals surface area contributed by atoms with Crippen molar-refractivity contribution >= 4 is 34.9 Å². The fourth-order valence-electron chi connectivity index (χ4n) is 1.12. The Kier molecular flexibility index (Phi) is 3.91.